The molecule has 0 bridgehead atoms. The van der Waals surface area contributed by atoms with Crippen molar-refractivity contribution in [3.8, 4) is 0 Å². The van der Waals surface area contributed by atoms with Crippen molar-refractivity contribution >= 4 is 15.9 Å². The van der Waals surface area contributed by atoms with Crippen LogP contribution in [0.4, 0.5) is 0 Å². The van der Waals surface area contributed by atoms with Crippen LogP contribution in [0, 0.1) is 11.8 Å². The number of aliphatic hydroxyl groups is 1. The molecule has 7 nitrogen and oxygen atoms in total. The summed E-state index contributed by atoms with van der Waals surface area (Å²) in [6.45, 7) is 2.01. The Morgan fingerprint density at radius 3 is 2.27 bits per heavy atom. The van der Waals surface area contributed by atoms with E-state index in [1.807, 2.05) is 48.5 Å². The van der Waals surface area contributed by atoms with Gasteiger partial charge in [0.25, 0.3) is 5.91 Å². The zero-order valence-corrected chi connectivity index (χ0v) is 22.4. The molecule has 1 N–H and O–H groups in total. The summed E-state index contributed by atoms with van der Waals surface area (Å²) in [6.07, 6.45) is 4.69. The van der Waals surface area contributed by atoms with Gasteiger partial charge in [-0.25, -0.2) is 8.42 Å². The molecule has 1 aliphatic heterocycles. The number of amides is 1. The number of carbonyl (C=O) groups excluding carboxylic acids is 1. The van der Waals surface area contributed by atoms with Gasteiger partial charge in [0.05, 0.1) is 18.5 Å². The Morgan fingerprint density at radius 2 is 1.62 bits per heavy atom. The Hall–Kier alpha value is -2.26. The van der Waals surface area contributed by atoms with Crippen molar-refractivity contribution in [1.29, 1.82) is 0 Å². The number of hydrogen-bond donors (Lipinski definition) is 1. The van der Waals surface area contributed by atoms with E-state index in [2.05, 4.69) is 0 Å². The number of benzene rings is 2. The lowest BCUT2D eigenvalue weighted by atomic mass is 10.1. The minimum atomic E-state index is -3.56. The third-order valence-corrected chi connectivity index (χ3v) is 9.44. The SMILES string of the molecule is O=C(c1ccccc1)N(CCc1ccccc1)C[C@H](O)CN(CC1CCCC1)S(=O)(=O)CC1CCOC1. The first-order valence-corrected chi connectivity index (χ1v) is 15.1. The summed E-state index contributed by atoms with van der Waals surface area (Å²) in [5, 5.41) is 11.2. The summed E-state index contributed by atoms with van der Waals surface area (Å²) in [4.78, 5) is 15.0. The van der Waals surface area contributed by atoms with Crippen molar-refractivity contribution in [1.82, 2.24) is 9.21 Å². The molecule has 1 aliphatic carbocycles. The van der Waals surface area contributed by atoms with Crippen molar-refractivity contribution in [2.45, 2.75) is 44.6 Å². The van der Waals surface area contributed by atoms with Crippen LogP contribution in [0.3, 0.4) is 0 Å². The van der Waals surface area contributed by atoms with Crippen LogP contribution >= 0.6 is 0 Å². The lowest BCUT2D eigenvalue weighted by molar-refractivity contribution is 0.0584. The normalized spacial score (nSPS) is 19.4. The molecular formula is C29H40N2O5S. The summed E-state index contributed by atoms with van der Waals surface area (Å²) < 4.78 is 33.8. The fourth-order valence-corrected chi connectivity index (χ4v) is 7.30. The molecule has 2 fully saturated rings. The summed E-state index contributed by atoms with van der Waals surface area (Å²) in [6, 6.07) is 19.0. The molecule has 1 saturated heterocycles. The fourth-order valence-electron chi connectivity index (χ4n) is 5.40. The Morgan fingerprint density at radius 1 is 0.946 bits per heavy atom. The molecule has 37 heavy (non-hydrogen) atoms. The highest BCUT2D eigenvalue weighted by Gasteiger charge is 2.33. The zero-order chi connectivity index (χ0) is 26.1. The molecule has 4 rings (SSSR count). The predicted octanol–water partition coefficient (Wildman–Crippen LogP) is 3.59. The number of carbonyl (C=O) groups is 1. The average molecular weight is 529 g/mol. The molecule has 1 amide bonds. The van der Waals surface area contributed by atoms with Crippen LogP contribution < -0.4 is 0 Å². The second-order valence-corrected chi connectivity index (χ2v) is 12.5. The lowest BCUT2D eigenvalue weighted by Crippen LogP contribution is -2.47. The molecule has 1 saturated carbocycles. The molecule has 0 aromatic heterocycles. The Kier molecular flexibility index (Phi) is 10.1. The molecule has 202 valence electrons. The molecule has 1 unspecified atom stereocenters. The number of hydrogen-bond acceptors (Lipinski definition) is 5. The molecule has 2 aliphatic rings. The molecular weight excluding hydrogens is 488 g/mol. The first kappa shape index (κ1) is 27.8. The van der Waals surface area contributed by atoms with Crippen molar-refractivity contribution in [2.75, 3.05) is 45.1 Å². The summed E-state index contributed by atoms with van der Waals surface area (Å²) in [5.74, 6) is 0.202. The number of sulfonamides is 1. The second-order valence-electron chi connectivity index (χ2n) is 10.5. The van der Waals surface area contributed by atoms with Gasteiger partial charge >= 0.3 is 0 Å². The first-order valence-electron chi connectivity index (χ1n) is 13.5. The molecule has 0 spiro atoms. The van der Waals surface area contributed by atoms with E-state index in [1.165, 1.54) is 4.31 Å². The van der Waals surface area contributed by atoms with E-state index < -0.39 is 16.1 Å². The van der Waals surface area contributed by atoms with Gasteiger partial charge in [-0.3, -0.25) is 4.79 Å². The zero-order valence-electron chi connectivity index (χ0n) is 21.6. The van der Waals surface area contributed by atoms with Crippen LogP contribution in [0.2, 0.25) is 0 Å². The summed E-state index contributed by atoms with van der Waals surface area (Å²) in [5.41, 5.74) is 1.66. The highest BCUT2D eigenvalue weighted by atomic mass is 32.2. The molecule has 8 heteroatoms. The van der Waals surface area contributed by atoms with Crippen LogP contribution in [-0.4, -0.2) is 79.9 Å². The van der Waals surface area contributed by atoms with E-state index in [0.717, 1.165) is 37.7 Å². The highest BCUT2D eigenvalue weighted by Crippen LogP contribution is 2.27. The van der Waals surface area contributed by atoms with Crippen LogP contribution in [0.1, 0.15) is 48.0 Å². The van der Waals surface area contributed by atoms with E-state index in [1.54, 1.807) is 17.0 Å². The van der Waals surface area contributed by atoms with Crippen molar-refractivity contribution in [3.05, 3.63) is 71.8 Å². The number of nitrogens with zero attached hydrogens (tertiary/aromatic N) is 2. The Bertz CT molecular complexity index is 1070. The Balaban J connectivity index is 1.46. The van der Waals surface area contributed by atoms with E-state index in [4.69, 9.17) is 4.74 Å². The maximum atomic E-state index is 13.4. The first-order chi connectivity index (χ1) is 17.9. The van der Waals surface area contributed by atoms with Crippen LogP contribution in [0.25, 0.3) is 0 Å². The van der Waals surface area contributed by atoms with Gasteiger partial charge in [0.2, 0.25) is 10.0 Å². The number of aliphatic hydroxyl groups excluding tert-OH is 1. The van der Waals surface area contributed by atoms with E-state index >= 15 is 0 Å². The van der Waals surface area contributed by atoms with Gasteiger partial charge in [-0.05, 0) is 55.2 Å². The van der Waals surface area contributed by atoms with Gasteiger partial charge in [0, 0.05) is 38.3 Å². The van der Waals surface area contributed by atoms with Crippen molar-refractivity contribution < 1.29 is 23.1 Å². The second kappa shape index (κ2) is 13.5. The third-order valence-electron chi connectivity index (χ3n) is 7.47. The topological polar surface area (TPSA) is 87.2 Å². The van der Waals surface area contributed by atoms with Crippen LogP contribution in [0.5, 0.6) is 0 Å². The van der Waals surface area contributed by atoms with Crippen molar-refractivity contribution in [2.24, 2.45) is 11.8 Å². The van der Waals surface area contributed by atoms with Crippen LogP contribution in [-0.2, 0) is 21.2 Å². The van der Waals surface area contributed by atoms with Gasteiger partial charge in [-0.2, -0.15) is 4.31 Å². The monoisotopic (exact) mass is 528 g/mol. The van der Waals surface area contributed by atoms with Gasteiger partial charge < -0.3 is 14.7 Å². The quantitative estimate of drug-likeness (QED) is 0.429. The largest absolute Gasteiger partial charge is 0.390 e. The third kappa shape index (κ3) is 8.37. The minimum absolute atomic E-state index is 0.00365. The standard InChI is InChI=1S/C29H40N2O5S/c32-28(21-31(19-25-11-7-8-12-25)37(34,35)23-26-16-18-36-22-26)20-30(17-15-24-9-3-1-4-10-24)29(33)27-13-5-2-6-14-27/h1-6,9-10,13-14,25-26,28,32H,7-8,11-12,15-23H2/t26?,28-/m0/s1. The molecule has 2 atom stereocenters. The average Bonchev–Trinajstić information content (AvgIpc) is 3.61. The maximum absolute atomic E-state index is 13.4. The smallest absolute Gasteiger partial charge is 0.253 e. The van der Waals surface area contributed by atoms with Gasteiger partial charge in [0.15, 0.2) is 0 Å². The Labute approximate surface area is 221 Å². The molecule has 0 radical (unpaired) electrons. The highest BCUT2D eigenvalue weighted by molar-refractivity contribution is 7.89. The van der Waals surface area contributed by atoms with Gasteiger partial charge in [0.1, 0.15) is 0 Å². The van der Waals surface area contributed by atoms with Gasteiger partial charge in [-0.1, -0.05) is 61.4 Å². The molecule has 2 aromatic rings. The lowest BCUT2D eigenvalue weighted by Gasteiger charge is -2.31. The van der Waals surface area contributed by atoms with E-state index in [-0.39, 0.29) is 30.7 Å². The van der Waals surface area contributed by atoms with Gasteiger partial charge in [-0.15, -0.1) is 0 Å². The maximum Gasteiger partial charge on any atom is 0.253 e. The molecule has 1 heterocycles. The van der Waals surface area contributed by atoms with E-state index in [9.17, 15) is 18.3 Å². The fraction of sp³-hybridized carbons (Fsp3) is 0.552. The predicted molar refractivity (Wildman–Crippen MR) is 145 cm³/mol. The molecule has 2 aromatic carbocycles. The van der Waals surface area contributed by atoms with Crippen molar-refractivity contribution in [3.63, 3.8) is 0 Å². The minimum Gasteiger partial charge on any atom is -0.390 e. The van der Waals surface area contributed by atoms with Crippen LogP contribution in [0.15, 0.2) is 60.7 Å². The summed E-state index contributed by atoms with van der Waals surface area (Å²) in [7, 11) is -3.56. The van der Waals surface area contributed by atoms with E-state index in [0.29, 0.717) is 44.2 Å². The number of rotatable bonds is 13. The number of ether oxygens (including phenoxy) is 1. The summed E-state index contributed by atoms with van der Waals surface area (Å²) >= 11 is 0.